The molecule has 4 amide bonds. The van der Waals surface area contributed by atoms with E-state index < -0.39 is 29.6 Å². The van der Waals surface area contributed by atoms with E-state index in [1.165, 1.54) is 31.5 Å². The summed E-state index contributed by atoms with van der Waals surface area (Å²) < 4.78 is 114. The molecule has 686 valence electrons. The number of fused-ring (bicyclic) bond motifs is 4. The number of nitrogens with one attached hydrogen (secondary N) is 4. The summed E-state index contributed by atoms with van der Waals surface area (Å²) in [7, 11) is 6.52. The normalized spacial score (nSPS) is 12.2. The number of amides is 4. The lowest BCUT2D eigenvalue weighted by molar-refractivity contribution is 0.0787. The molecule has 0 saturated carbocycles. The van der Waals surface area contributed by atoms with Gasteiger partial charge in [-0.25, -0.2) is 14.4 Å². The van der Waals surface area contributed by atoms with E-state index in [0.717, 1.165) is 93.5 Å². The number of carbonyl (C=O) groups excluding carboxylic acids is 4. The number of nitrogens with zero attached hydrogens (tertiary/aromatic N) is 10. The number of benzene rings is 8. The van der Waals surface area contributed by atoms with Crippen LogP contribution in [0.25, 0.3) is 43.6 Å². The van der Waals surface area contributed by atoms with Crippen LogP contribution in [-0.4, -0.2) is 130 Å². The summed E-state index contributed by atoms with van der Waals surface area (Å²) in [6, 6.07) is 60.6. The van der Waals surface area contributed by atoms with Gasteiger partial charge in [-0.3, -0.25) is 44.1 Å². The predicted octanol–water partition coefficient (Wildman–Crippen LogP) is 19.6. The van der Waals surface area contributed by atoms with Crippen molar-refractivity contribution in [3.05, 3.63) is 357 Å². The van der Waals surface area contributed by atoms with Crippen molar-refractivity contribution in [2.45, 2.75) is 79.9 Å². The molecule has 8 aromatic carbocycles. The molecular weight excluding hydrogens is 1730 g/mol. The Morgan fingerprint density at radius 3 is 1.04 bits per heavy atom. The minimum absolute atomic E-state index is 0.0425. The standard InChI is InChI=1S/C27H24F2N4O3.C27H26N4O3.C25H21F2N3O3.C25H22FN3O3/c1-16-20(27(34)31-13-17-10-25(28)32-26(29)11-17)4-3-5-23(16)36-24-8-9-30-22-12-18(6-7-21(22)24)33-14-19(15-33)35-2;1-18-22(27(32)30-15-19-8-11-28-12-9-19)4-3-5-25(18)34-26-10-13-29-24-14-20(6-7-23(24)26)31-16-21(17-31)33-2;1-14-9-16(10-23(27)30-14)13-29-25(31)18-5-4-6-21(15(18)2)33-22-7-8-28-20-12-17(32-3)11-19(26)24(20)22;1-15-11-17(12-24(26)29-15)14-28-25(30)19-5-4-6-22(16(19)2)32-23-9-10-27-21-13-18(31-3)7-8-20(21)23/h3-12,19H,13-15H2,1-2H3,(H,31,34);3-14,21H,15-17H2,1-2H3,(H,30,32);4-12H,13H2,1-3H3,(H,29,31);4-13H,14H2,1-3H3,(H,28,30). The van der Waals surface area contributed by atoms with Gasteiger partial charge in [0.15, 0.2) is 0 Å². The van der Waals surface area contributed by atoms with Crippen molar-refractivity contribution in [3.63, 3.8) is 0 Å². The molecule has 0 unspecified atom stereocenters. The van der Waals surface area contributed by atoms with Crippen molar-refractivity contribution in [2.24, 2.45) is 0 Å². The molecule has 2 aliphatic rings. The van der Waals surface area contributed by atoms with Crippen LogP contribution in [0, 0.1) is 71.2 Å². The van der Waals surface area contributed by atoms with Crippen LogP contribution in [0.3, 0.4) is 0 Å². The van der Waals surface area contributed by atoms with Crippen LogP contribution >= 0.6 is 0 Å². The molecule has 10 heterocycles. The quantitative estimate of drug-likeness (QED) is 0.0289. The highest BCUT2D eigenvalue weighted by Crippen LogP contribution is 2.40. The van der Waals surface area contributed by atoms with Crippen molar-refractivity contribution in [2.75, 3.05) is 64.4 Å². The highest BCUT2D eigenvalue weighted by molar-refractivity contribution is 5.99. The largest absolute Gasteiger partial charge is 0.497 e. The number of hydrogen-bond acceptors (Lipinski definition) is 22. The Labute approximate surface area is 773 Å². The number of halogens is 5. The minimum Gasteiger partial charge on any atom is -0.497 e. The fraction of sp³-hybridized carbons (Fsp3) is 0.192. The number of ether oxygens (including phenoxy) is 8. The maximum absolute atomic E-state index is 14.7. The van der Waals surface area contributed by atoms with Gasteiger partial charge >= 0.3 is 0 Å². The van der Waals surface area contributed by atoms with Gasteiger partial charge in [-0.15, -0.1) is 0 Å². The number of carbonyl (C=O) groups is 4. The second-order valence-corrected chi connectivity index (χ2v) is 31.8. The predicted molar refractivity (Wildman–Crippen MR) is 502 cm³/mol. The molecule has 18 rings (SSSR count). The fourth-order valence-electron chi connectivity index (χ4n) is 15.3. The molecule has 0 bridgehead atoms. The number of aromatic nitrogens is 8. The third kappa shape index (κ3) is 22.9. The molecule has 0 radical (unpaired) electrons. The van der Waals surface area contributed by atoms with E-state index in [4.69, 9.17) is 37.9 Å². The summed E-state index contributed by atoms with van der Waals surface area (Å²) in [5.41, 5.74) is 13.1. The Hall–Kier alpha value is -16.2. The molecule has 4 N–H and O–H groups in total. The van der Waals surface area contributed by atoms with Crippen molar-refractivity contribution in [1.29, 1.82) is 0 Å². The fourth-order valence-corrected chi connectivity index (χ4v) is 15.3. The molecule has 0 aliphatic carbocycles. The smallest absolute Gasteiger partial charge is 0.251 e. The SMILES string of the molecule is COC1CN(c2ccc3c(Oc4cccc(C(=O)NCc5cc(F)nc(F)c5)c4C)ccnc3c2)C1.COC1CN(c2ccc3c(Oc4cccc(C(=O)NCc5ccncc5)c4C)ccnc3c2)C1.COc1cc(F)c2c(Oc3cccc(C(=O)NCc4cc(C)nc(F)c4)c3C)ccnc2c1.COc1ccc2c(Oc3cccc(C(=O)NCc4cc(C)nc(F)c4)c3C)ccnc2c1. The van der Waals surface area contributed by atoms with Gasteiger partial charge in [0.05, 0.1) is 53.9 Å². The van der Waals surface area contributed by atoms with Crippen LogP contribution in [0.1, 0.15) is 97.3 Å². The lowest BCUT2D eigenvalue weighted by Crippen LogP contribution is -2.51. The van der Waals surface area contributed by atoms with Crippen molar-refractivity contribution >= 4 is 78.6 Å². The van der Waals surface area contributed by atoms with E-state index in [0.29, 0.717) is 125 Å². The highest BCUT2D eigenvalue weighted by Gasteiger charge is 2.30. The summed E-state index contributed by atoms with van der Waals surface area (Å²) in [4.78, 5) is 87.8. The zero-order valence-electron chi connectivity index (χ0n) is 75.2. The van der Waals surface area contributed by atoms with Gasteiger partial charge in [-0.05, 0) is 234 Å². The molecule has 26 nitrogen and oxygen atoms in total. The molecule has 31 heteroatoms. The van der Waals surface area contributed by atoms with Crippen LogP contribution in [-0.2, 0) is 35.7 Å². The maximum Gasteiger partial charge on any atom is 0.251 e. The van der Waals surface area contributed by atoms with Gasteiger partial charge in [0.2, 0.25) is 23.8 Å². The lowest BCUT2D eigenvalue weighted by atomic mass is 10.1. The average Bonchev–Trinajstić information content (AvgIpc) is 0.789. The molecule has 0 atom stereocenters. The van der Waals surface area contributed by atoms with Crippen LogP contribution < -0.4 is 59.5 Å². The van der Waals surface area contributed by atoms with E-state index >= 15 is 0 Å². The van der Waals surface area contributed by atoms with E-state index in [1.54, 1.807) is 171 Å². The minimum atomic E-state index is -0.938. The van der Waals surface area contributed by atoms with Gasteiger partial charge in [-0.2, -0.15) is 22.5 Å². The lowest BCUT2D eigenvalue weighted by Gasteiger charge is -2.40. The van der Waals surface area contributed by atoms with Gasteiger partial charge < -0.3 is 69.0 Å². The second kappa shape index (κ2) is 42.8. The van der Waals surface area contributed by atoms with Crippen molar-refractivity contribution in [1.82, 2.24) is 61.1 Å². The Balaban J connectivity index is 0.000000137. The van der Waals surface area contributed by atoms with Gasteiger partial charge in [0.1, 0.15) is 63.3 Å². The van der Waals surface area contributed by atoms with Gasteiger partial charge in [-0.1, -0.05) is 24.3 Å². The third-order valence-electron chi connectivity index (χ3n) is 22.7. The zero-order valence-corrected chi connectivity index (χ0v) is 75.2. The second-order valence-electron chi connectivity index (χ2n) is 31.8. The van der Waals surface area contributed by atoms with Crippen LogP contribution in [0.15, 0.2) is 250 Å². The summed E-state index contributed by atoms with van der Waals surface area (Å²) in [6.07, 6.45) is 10.6. The van der Waals surface area contributed by atoms with E-state index in [9.17, 15) is 41.1 Å². The van der Waals surface area contributed by atoms with Crippen molar-refractivity contribution < 1.29 is 79.0 Å². The Morgan fingerprint density at radius 2 is 0.667 bits per heavy atom. The molecule has 16 aromatic rings. The average molecular weight is 1830 g/mol. The number of methoxy groups -OCH3 is 4. The number of anilines is 2. The molecule has 135 heavy (non-hydrogen) atoms. The summed E-state index contributed by atoms with van der Waals surface area (Å²) in [6.45, 7) is 14.8. The van der Waals surface area contributed by atoms with Crippen LogP contribution in [0.5, 0.6) is 57.5 Å². The molecule has 2 saturated heterocycles. The van der Waals surface area contributed by atoms with E-state index in [1.807, 2.05) is 92.7 Å². The van der Waals surface area contributed by atoms with Crippen molar-refractivity contribution in [3.8, 4) is 57.5 Å². The molecular formula is C104H93F5N14O12. The maximum atomic E-state index is 14.7. The summed E-state index contributed by atoms with van der Waals surface area (Å²) >= 11 is 0. The number of rotatable bonds is 26. The van der Waals surface area contributed by atoms with Gasteiger partial charge in [0.25, 0.3) is 23.6 Å². The Kier molecular flexibility index (Phi) is 29.7. The number of pyridine rings is 8. The first-order chi connectivity index (χ1) is 65.3. The topological polar surface area (TPSA) is 300 Å². The summed E-state index contributed by atoms with van der Waals surface area (Å²) in [5.74, 6) is 0.676. The van der Waals surface area contributed by atoms with Crippen LogP contribution in [0.4, 0.5) is 33.3 Å². The number of hydrogen-bond donors (Lipinski definition) is 4. The highest BCUT2D eigenvalue weighted by atomic mass is 19.1. The van der Waals surface area contributed by atoms with E-state index in [-0.39, 0.29) is 72.2 Å². The first-order valence-electron chi connectivity index (χ1n) is 42.9. The molecule has 0 spiro atoms. The van der Waals surface area contributed by atoms with Gasteiger partial charge in [0, 0.05) is 205 Å². The number of aryl methyl sites for hydroxylation is 2. The molecule has 2 fully saturated rings. The molecule has 8 aromatic heterocycles. The summed E-state index contributed by atoms with van der Waals surface area (Å²) in [5, 5.41) is 14.1. The Bertz CT molecular complexity index is 7040. The van der Waals surface area contributed by atoms with Crippen LogP contribution in [0.2, 0.25) is 0 Å². The molecule has 2 aliphatic heterocycles. The Morgan fingerprint density at radius 1 is 0.333 bits per heavy atom. The first kappa shape index (κ1) is 93.5. The monoisotopic (exact) mass is 1820 g/mol. The first-order valence-corrected chi connectivity index (χ1v) is 42.9. The zero-order chi connectivity index (χ0) is 94.9. The van der Waals surface area contributed by atoms with E-state index in [2.05, 4.69) is 83.1 Å². The third-order valence-corrected chi connectivity index (χ3v) is 22.7.